The molecule has 0 aliphatic carbocycles. The van der Waals surface area contributed by atoms with Crippen LogP contribution in [0.1, 0.15) is 147 Å². The number of hydrogen-bond donors (Lipinski definition) is 3. The molecule has 86 heavy (non-hydrogen) atoms. The van der Waals surface area contributed by atoms with E-state index in [9.17, 15) is 37.2 Å². The summed E-state index contributed by atoms with van der Waals surface area (Å²) in [6, 6.07) is 8.85. The van der Waals surface area contributed by atoms with Crippen molar-refractivity contribution in [1.82, 2.24) is 9.13 Å². The van der Waals surface area contributed by atoms with E-state index < -0.39 is 39.2 Å². The molecule has 28 heteroatoms. The third-order valence-corrected chi connectivity index (χ3v) is 14.1. The molecule has 0 spiro atoms. The van der Waals surface area contributed by atoms with Gasteiger partial charge in [-0.25, -0.2) is 19.2 Å². The molecule has 3 aromatic rings. The molecule has 6 aliphatic rings. The molecular weight excluding hydrogens is 1240 g/mol. The fourth-order valence-corrected chi connectivity index (χ4v) is 9.32. The van der Waals surface area contributed by atoms with Crippen molar-refractivity contribution < 1.29 is 99.9 Å². The van der Waals surface area contributed by atoms with Crippen molar-refractivity contribution in [3.8, 4) is 0 Å². The number of aromatic nitrogens is 2. The molecule has 6 unspecified atom stereocenters. The summed E-state index contributed by atoms with van der Waals surface area (Å²) in [4.78, 5) is 70.3. The van der Waals surface area contributed by atoms with Gasteiger partial charge in [-0.2, -0.15) is 8.42 Å². The molecule has 3 aromatic heterocycles. The summed E-state index contributed by atoms with van der Waals surface area (Å²) in [7, 11) is -0.833. The van der Waals surface area contributed by atoms with E-state index in [0.717, 1.165) is 136 Å². The van der Waals surface area contributed by atoms with Gasteiger partial charge in [0, 0.05) is 83.9 Å². The van der Waals surface area contributed by atoms with E-state index in [-0.39, 0.29) is 93.8 Å². The van der Waals surface area contributed by atoms with Crippen LogP contribution in [0.25, 0.3) is 10.4 Å². The van der Waals surface area contributed by atoms with E-state index in [0.29, 0.717) is 32.3 Å². The van der Waals surface area contributed by atoms with Crippen molar-refractivity contribution in [2.24, 2.45) is 10.8 Å². The van der Waals surface area contributed by atoms with E-state index in [1.54, 1.807) is 24.5 Å². The number of nitrogens with zero attached hydrogens (tertiary/aromatic N) is 5. The molecule has 6 saturated heterocycles. The summed E-state index contributed by atoms with van der Waals surface area (Å²) in [5.74, 6) is -2.47. The molecule has 9 heterocycles. The first-order valence-corrected chi connectivity index (χ1v) is 30.6. The summed E-state index contributed by atoms with van der Waals surface area (Å²) in [6.07, 6.45) is 26.0. The smallest absolute Gasteiger partial charge is 0.350 e. The zero-order valence-electron chi connectivity index (χ0n) is 50.2. The van der Waals surface area contributed by atoms with Gasteiger partial charge in [-0.05, 0) is 158 Å². The predicted molar refractivity (Wildman–Crippen MR) is 315 cm³/mol. The number of rotatable bonds is 14. The second-order valence-corrected chi connectivity index (χ2v) is 21.8. The van der Waals surface area contributed by atoms with Crippen LogP contribution in [0.3, 0.4) is 0 Å². The minimum Gasteiger partial charge on any atom is -0.477 e. The summed E-state index contributed by atoms with van der Waals surface area (Å²) >= 11 is 0. The number of carboxylic acid groups (broad SMARTS) is 1. The molecule has 0 amide bonds. The summed E-state index contributed by atoms with van der Waals surface area (Å²) in [5, 5.41) is 20.9. The normalized spacial score (nSPS) is 21.4. The molecule has 0 saturated carbocycles. The number of aromatic carboxylic acids is 1. The number of ether oxygens (including phenoxy) is 8. The maximum absolute atomic E-state index is 12.0. The average Bonchev–Trinajstić information content (AvgIpc) is 3.74. The van der Waals surface area contributed by atoms with Gasteiger partial charge >= 0.3 is 23.5 Å². The number of carbonyl (C=O) groups is 3. The van der Waals surface area contributed by atoms with Crippen molar-refractivity contribution in [3.63, 3.8) is 0 Å². The Morgan fingerprint density at radius 1 is 0.628 bits per heavy atom. The maximum atomic E-state index is 12.0. The van der Waals surface area contributed by atoms with Crippen LogP contribution >= 0.6 is 0 Å². The van der Waals surface area contributed by atoms with Crippen molar-refractivity contribution in [2.75, 3.05) is 86.4 Å². The van der Waals surface area contributed by atoms with Crippen molar-refractivity contribution in [1.29, 1.82) is 0 Å². The molecule has 0 aromatic carbocycles. The second-order valence-electron chi connectivity index (χ2n) is 20.1. The van der Waals surface area contributed by atoms with Gasteiger partial charge in [0.05, 0.1) is 96.2 Å². The molecule has 0 radical (unpaired) electrons. The van der Waals surface area contributed by atoms with Crippen LogP contribution in [0.5, 0.6) is 0 Å². The summed E-state index contributed by atoms with van der Waals surface area (Å²) in [5.41, 5.74) is 11.7. The molecule has 9 rings (SSSR count). The Morgan fingerprint density at radius 3 is 1.38 bits per heavy atom. The quantitative estimate of drug-likeness (QED) is 0.0289. The van der Waals surface area contributed by atoms with Gasteiger partial charge in [-0.15, -0.1) is 0 Å². The predicted octanol–water partition coefficient (Wildman–Crippen LogP) is 6.65. The monoisotopic (exact) mass is 1330 g/mol. The largest absolute Gasteiger partial charge is 0.477 e. The summed E-state index contributed by atoms with van der Waals surface area (Å²) < 4.78 is 74.3. The van der Waals surface area contributed by atoms with Crippen LogP contribution in [0, 0.1) is 7.43 Å². The van der Waals surface area contributed by atoms with Gasteiger partial charge < -0.3 is 74.8 Å². The number of esters is 2. The van der Waals surface area contributed by atoms with Crippen LogP contribution in [-0.4, -0.2) is 169 Å². The van der Waals surface area contributed by atoms with Crippen LogP contribution in [0.4, 0.5) is 0 Å². The van der Waals surface area contributed by atoms with Crippen LogP contribution in [0.15, 0.2) is 79.0 Å². The van der Waals surface area contributed by atoms with Crippen LogP contribution in [0.2, 0.25) is 0 Å². The zero-order valence-corrected chi connectivity index (χ0v) is 52.5. The Labute approximate surface area is 518 Å². The van der Waals surface area contributed by atoms with Crippen molar-refractivity contribution in [3.05, 3.63) is 121 Å². The van der Waals surface area contributed by atoms with Gasteiger partial charge in [-0.1, -0.05) is 5.11 Å². The summed E-state index contributed by atoms with van der Waals surface area (Å²) in [6.45, 7) is 7.24. The first-order chi connectivity index (χ1) is 40.5. The third kappa shape index (κ3) is 33.2. The maximum Gasteiger partial charge on any atom is 0.350 e. The molecule has 6 atom stereocenters. The van der Waals surface area contributed by atoms with Crippen molar-refractivity contribution in [2.45, 2.75) is 165 Å². The van der Waals surface area contributed by atoms with Gasteiger partial charge in [0.1, 0.15) is 16.7 Å². The molecule has 4 N–H and O–H groups in total. The Bertz CT molecular complexity index is 2650. The van der Waals surface area contributed by atoms with Gasteiger partial charge in [0.15, 0.2) is 0 Å². The first kappa shape index (κ1) is 78.8. The topological polar surface area (TPSA) is 358 Å². The number of pyridine rings is 2. The fourth-order valence-electron chi connectivity index (χ4n) is 8.92. The Kier molecular flexibility index (Phi) is 43.0. The number of aliphatic hydroxyl groups excluding tert-OH is 1. The van der Waals surface area contributed by atoms with E-state index in [1.807, 2.05) is 0 Å². The minimum atomic E-state index is -3.30. The number of aliphatic hydroxyl groups is 1. The van der Waals surface area contributed by atoms with Crippen LogP contribution < -0.4 is 22.5 Å². The standard InChI is InChI=1S/C13H17NO4.C12H15NO4.C7H14O4S.C7H6O4.C6H11N3O.C6H13NO.C6H12O2.CH3.Pd/c1-17-13(16)11-6-4-7-14(12(11)15)9-10-5-2-3-8-18-10;14-11-10(12(15)16)5-3-6-13(11)8-9-4-1-2-7-17-9;1-12(8,9)11-6-7-4-2-3-5-10-7;1-10-6(8)5-3-2-4-11-7(5)9;7-9-8-5-6-3-1-2-4-10-6;2*7-5-6-3-1-2-4-8-6;;/h4,6-7,10H,2-3,5,8-9H2,1H3;3,5-6,9H,1-2,4,7-8H2,(H,15,16);7H,2-6H2,1H3;2-4H,1H3;6H,1-5H2;6H,1-5,7H2;6-7H,1-5H2;1H3;/q;;;;;;;-1;. The number of nitrogens with two attached hydrogens (primary N) is 1. The molecule has 490 valence electrons. The molecule has 6 fully saturated rings. The Balaban J connectivity index is 0.000000510. The van der Waals surface area contributed by atoms with E-state index in [1.165, 1.54) is 79.6 Å². The number of azide groups is 1. The van der Waals surface area contributed by atoms with Crippen LogP contribution in [-0.2, 0) is 85.7 Å². The molecular formula is C58H91N6O20PdS-. The second kappa shape index (κ2) is 46.9. The first-order valence-electron chi connectivity index (χ1n) is 28.8. The van der Waals surface area contributed by atoms with Crippen molar-refractivity contribution >= 4 is 28.0 Å². The number of hydrogen-bond acceptors (Lipinski definition) is 21. The minimum absolute atomic E-state index is 0. The van der Waals surface area contributed by atoms with Gasteiger partial charge in [0.2, 0.25) is 0 Å². The average molecular weight is 1330 g/mol. The number of carboxylic acids is 1. The Morgan fingerprint density at radius 2 is 1.02 bits per heavy atom. The number of methoxy groups -OCH3 is 2. The fraction of sp³-hybridized carbons (Fsp3) is 0.672. The molecule has 0 bridgehead atoms. The zero-order chi connectivity index (χ0) is 61.4. The van der Waals surface area contributed by atoms with E-state index in [4.69, 9.17) is 49.9 Å². The third-order valence-electron chi connectivity index (χ3n) is 13.5. The Hall–Kier alpha value is -5.18. The number of carbonyl (C=O) groups excluding carboxylic acids is 2. The molecule has 6 aliphatic heterocycles. The van der Waals surface area contributed by atoms with Gasteiger partial charge in [-0.3, -0.25) is 13.8 Å². The van der Waals surface area contributed by atoms with Gasteiger partial charge in [0.25, 0.3) is 21.2 Å². The van der Waals surface area contributed by atoms with E-state index in [2.05, 4.69) is 28.1 Å². The van der Waals surface area contributed by atoms with E-state index >= 15 is 0 Å². The SMILES string of the molecule is COC(=O)c1cccn(CC2CCCCO2)c1=O.COC(=O)c1cccoc1=O.CS(=O)(=O)OCC1CCCCO1.NCC1CCCCO1.O=C(O)c1cccn(CC2CCCCO2)c1=O.OCC1CCCCO1.[CH3-].[N-]=[N+]=NCC1CCCCO1.[Pd]. The molecule has 26 nitrogen and oxygen atoms in total.